The highest BCUT2D eigenvalue weighted by Gasteiger charge is 2.13. The van der Waals surface area contributed by atoms with E-state index in [4.69, 9.17) is 0 Å². The number of carbonyl (C=O) groups excluding carboxylic acids is 1. The third-order valence-electron chi connectivity index (χ3n) is 3.36. The number of aldehydes is 1. The van der Waals surface area contributed by atoms with E-state index in [9.17, 15) is 14.9 Å². The Hall–Kier alpha value is -2.82. The van der Waals surface area contributed by atoms with E-state index < -0.39 is 4.92 Å². The second kappa shape index (κ2) is 4.38. The van der Waals surface area contributed by atoms with Crippen LogP contribution >= 0.6 is 0 Å². The molecule has 5 nitrogen and oxygen atoms in total. The Morgan fingerprint density at radius 3 is 2.70 bits per heavy atom. The normalized spacial score (nSPS) is 10.8. The Morgan fingerprint density at radius 1 is 1.20 bits per heavy atom. The summed E-state index contributed by atoms with van der Waals surface area (Å²) in [7, 11) is 0. The van der Waals surface area contributed by atoms with E-state index in [2.05, 4.69) is 4.98 Å². The van der Waals surface area contributed by atoms with Gasteiger partial charge in [-0.15, -0.1) is 0 Å². The van der Waals surface area contributed by atoms with Gasteiger partial charge < -0.3 is 0 Å². The van der Waals surface area contributed by atoms with E-state index in [0.717, 1.165) is 10.9 Å². The number of carbonyl (C=O) groups is 1. The van der Waals surface area contributed by atoms with Crippen molar-refractivity contribution in [2.24, 2.45) is 0 Å². The number of benzene rings is 2. The number of nitrogens with zero attached hydrogens (tertiary/aromatic N) is 2. The van der Waals surface area contributed by atoms with Gasteiger partial charge in [-0.1, -0.05) is 18.2 Å². The molecule has 0 radical (unpaired) electrons. The molecule has 0 bridgehead atoms. The van der Waals surface area contributed by atoms with Crippen LogP contribution in [0.2, 0.25) is 0 Å². The Labute approximate surface area is 114 Å². The van der Waals surface area contributed by atoms with Crippen LogP contribution in [-0.2, 0) is 0 Å². The van der Waals surface area contributed by atoms with Crippen LogP contribution in [0.4, 0.5) is 5.69 Å². The summed E-state index contributed by atoms with van der Waals surface area (Å²) in [6, 6.07) is 10.0. The summed E-state index contributed by atoms with van der Waals surface area (Å²) < 4.78 is 0. The molecule has 98 valence electrons. The van der Waals surface area contributed by atoms with E-state index in [1.54, 1.807) is 12.1 Å². The Morgan fingerprint density at radius 2 is 2.00 bits per heavy atom. The molecular formula is C15H10N2O3. The zero-order chi connectivity index (χ0) is 14.3. The Kier molecular flexibility index (Phi) is 2.68. The molecule has 0 aliphatic carbocycles. The maximum atomic E-state index is 11.2. The molecule has 0 fully saturated rings. The van der Waals surface area contributed by atoms with E-state index >= 15 is 0 Å². The highest BCUT2D eigenvalue weighted by atomic mass is 16.6. The number of pyridine rings is 1. The fraction of sp³-hybridized carbons (Fsp3) is 0.0667. The lowest BCUT2D eigenvalue weighted by Gasteiger charge is -2.08. The number of hydrogen-bond donors (Lipinski definition) is 0. The van der Waals surface area contributed by atoms with Crippen LogP contribution in [0.3, 0.4) is 0 Å². The van der Waals surface area contributed by atoms with E-state index in [-0.39, 0.29) is 5.69 Å². The molecule has 3 aromatic rings. The SMILES string of the molecule is Cc1cccc2c(C=O)nc3ccc([N+](=O)[O-])cc3c12. The molecule has 20 heavy (non-hydrogen) atoms. The topological polar surface area (TPSA) is 73.1 Å². The van der Waals surface area contributed by atoms with Gasteiger partial charge in [-0.25, -0.2) is 4.98 Å². The third-order valence-corrected chi connectivity index (χ3v) is 3.36. The van der Waals surface area contributed by atoms with Gasteiger partial charge in [0, 0.05) is 22.9 Å². The minimum atomic E-state index is -0.433. The lowest BCUT2D eigenvalue weighted by Crippen LogP contribution is -1.95. The Balaban J connectivity index is 2.56. The van der Waals surface area contributed by atoms with Crippen LogP contribution in [-0.4, -0.2) is 16.2 Å². The van der Waals surface area contributed by atoms with Crippen LogP contribution in [0.1, 0.15) is 16.1 Å². The number of rotatable bonds is 2. The first-order valence-electron chi connectivity index (χ1n) is 6.04. The number of fused-ring (bicyclic) bond motifs is 3. The smallest absolute Gasteiger partial charge is 0.270 e. The van der Waals surface area contributed by atoms with Crippen LogP contribution < -0.4 is 0 Å². The molecule has 0 saturated heterocycles. The fourth-order valence-electron chi connectivity index (χ4n) is 2.45. The molecule has 0 unspecified atom stereocenters. The first-order valence-corrected chi connectivity index (χ1v) is 6.04. The molecular weight excluding hydrogens is 256 g/mol. The molecule has 0 amide bonds. The predicted octanol–water partition coefficient (Wildman–Crippen LogP) is 3.42. The summed E-state index contributed by atoms with van der Waals surface area (Å²) in [5.41, 5.74) is 1.91. The van der Waals surface area contributed by atoms with Gasteiger partial charge >= 0.3 is 0 Å². The molecule has 0 N–H and O–H groups in total. The van der Waals surface area contributed by atoms with E-state index in [1.807, 2.05) is 19.1 Å². The van der Waals surface area contributed by atoms with Crippen molar-refractivity contribution in [2.75, 3.05) is 0 Å². The minimum absolute atomic E-state index is 0.0164. The Bertz CT molecular complexity index is 872. The molecule has 1 aromatic heterocycles. The average Bonchev–Trinajstić information content (AvgIpc) is 2.45. The summed E-state index contributed by atoms with van der Waals surface area (Å²) in [6.07, 6.45) is 0.711. The van der Waals surface area contributed by atoms with Crippen molar-refractivity contribution in [2.45, 2.75) is 6.92 Å². The number of aryl methyl sites for hydroxylation is 1. The van der Waals surface area contributed by atoms with E-state index in [1.165, 1.54) is 12.1 Å². The quantitative estimate of drug-likeness (QED) is 0.308. The number of hydrogen-bond acceptors (Lipinski definition) is 4. The average molecular weight is 266 g/mol. The van der Waals surface area contributed by atoms with Crippen LogP contribution in [0.15, 0.2) is 36.4 Å². The van der Waals surface area contributed by atoms with Crippen molar-refractivity contribution >= 4 is 33.6 Å². The van der Waals surface area contributed by atoms with Crippen molar-refractivity contribution in [3.05, 3.63) is 57.8 Å². The molecule has 0 saturated carbocycles. The van der Waals surface area contributed by atoms with Crippen molar-refractivity contribution in [3.63, 3.8) is 0 Å². The van der Waals surface area contributed by atoms with Crippen LogP contribution in [0.25, 0.3) is 21.7 Å². The summed E-state index contributed by atoms with van der Waals surface area (Å²) >= 11 is 0. The van der Waals surface area contributed by atoms with Gasteiger partial charge in [0.2, 0.25) is 0 Å². The maximum Gasteiger partial charge on any atom is 0.270 e. The number of nitro groups is 1. The summed E-state index contributed by atoms with van der Waals surface area (Å²) in [4.78, 5) is 25.9. The number of nitro benzene ring substituents is 1. The van der Waals surface area contributed by atoms with Gasteiger partial charge in [0.1, 0.15) is 5.69 Å². The standard InChI is InChI=1S/C15H10N2O3/c1-9-3-2-4-11-14(8-18)16-13-6-5-10(17(19)20)7-12(13)15(9)11/h2-8H,1H3. The van der Waals surface area contributed by atoms with Gasteiger partial charge in [0.25, 0.3) is 5.69 Å². The summed E-state index contributed by atoms with van der Waals surface area (Å²) in [5.74, 6) is 0. The molecule has 0 atom stereocenters. The summed E-state index contributed by atoms with van der Waals surface area (Å²) in [5, 5.41) is 13.2. The van der Waals surface area contributed by atoms with Crippen molar-refractivity contribution in [3.8, 4) is 0 Å². The molecule has 0 spiro atoms. The lowest BCUT2D eigenvalue weighted by molar-refractivity contribution is -0.384. The second-order valence-corrected chi connectivity index (χ2v) is 4.57. The molecule has 1 heterocycles. The third kappa shape index (κ3) is 1.72. The van der Waals surface area contributed by atoms with Gasteiger partial charge in [0.15, 0.2) is 6.29 Å². The van der Waals surface area contributed by atoms with Crippen molar-refractivity contribution < 1.29 is 9.72 Å². The zero-order valence-corrected chi connectivity index (χ0v) is 10.7. The van der Waals surface area contributed by atoms with E-state index in [0.29, 0.717) is 28.3 Å². The van der Waals surface area contributed by atoms with Gasteiger partial charge in [0.05, 0.1) is 10.4 Å². The molecule has 0 aliphatic rings. The van der Waals surface area contributed by atoms with Gasteiger partial charge in [-0.3, -0.25) is 14.9 Å². The second-order valence-electron chi connectivity index (χ2n) is 4.57. The van der Waals surface area contributed by atoms with Gasteiger partial charge in [-0.2, -0.15) is 0 Å². The lowest BCUT2D eigenvalue weighted by atomic mass is 9.99. The number of non-ortho nitro benzene ring substituents is 1. The molecule has 2 aromatic carbocycles. The highest BCUT2D eigenvalue weighted by molar-refractivity contribution is 6.12. The first kappa shape index (κ1) is 12.2. The monoisotopic (exact) mass is 266 g/mol. The van der Waals surface area contributed by atoms with Crippen molar-refractivity contribution in [1.29, 1.82) is 0 Å². The van der Waals surface area contributed by atoms with Crippen LogP contribution in [0.5, 0.6) is 0 Å². The maximum absolute atomic E-state index is 11.2. The highest BCUT2D eigenvalue weighted by Crippen LogP contribution is 2.30. The number of aromatic nitrogens is 1. The largest absolute Gasteiger partial charge is 0.296 e. The van der Waals surface area contributed by atoms with Crippen LogP contribution in [0, 0.1) is 17.0 Å². The van der Waals surface area contributed by atoms with Gasteiger partial charge in [-0.05, 0) is 23.9 Å². The minimum Gasteiger partial charge on any atom is -0.296 e. The predicted molar refractivity (Wildman–Crippen MR) is 76.0 cm³/mol. The fourth-order valence-corrected chi connectivity index (χ4v) is 2.45. The summed E-state index contributed by atoms with van der Waals surface area (Å²) in [6.45, 7) is 1.91. The zero-order valence-electron chi connectivity index (χ0n) is 10.7. The first-order chi connectivity index (χ1) is 9.61. The van der Waals surface area contributed by atoms with Crippen molar-refractivity contribution in [1.82, 2.24) is 4.98 Å². The molecule has 0 aliphatic heterocycles. The molecule has 5 heteroatoms. The molecule has 3 rings (SSSR count).